The number of rotatable bonds is 5. The Kier molecular flexibility index (Phi) is 3.61. The maximum absolute atomic E-state index is 10.9. The van der Waals surface area contributed by atoms with Gasteiger partial charge in [-0.25, -0.2) is 4.21 Å². The smallest absolute Gasteiger partial charge is 0.152 e. The highest BCUT2D eigenvalue weighted by molar-refractivity contribution is 7.79. The molecule has 0 aromatic heterocycles. The molecule has 2 aliphatic carbocycles. The van der Waals surface area contributed by atoms with Gasteiger partial charge in [-0.05, 0) is 17.8 Å². The van der Waals surface area contributed by atoms with Crippen LogP contribution in [-0.2, 0) is 15.3 Å². The van der Waals surface area contributed by atoms with Crippen LogP contribution in [0.25, 0.3) is 0 Å². The van der Waals surface area contributed by atoms with Gasteiger partial charge in [-0.2, -0.15) is 0 Å². The molecule has 0 aromatic rings. The zero-order valence-electron chi connectivity index (χ0n) is 8.91. The normalized spacial score (nSPS) is 25.9. The van der Waals surface area contributed by atoms with Crippen molar-refractivity contribution in [2.45, 2.75) is 38.5 Å². The van der Waals surface area contributed by atoms with E-state index in [2.05, 4.69) is 0 Å². The van der Waals surface area contributed by atoms with E-state index in [4.69, 9.17) is 4.18 Å². The van der Waals surface area contributed by atoms with Gasteiger partial charge in [-0.1, -0.05) is 38.5 Å². The fourth-order valence-corrected chi connectivity index (χ4v) is 2.92. The van der Waals surface area contributed by atoms with Crippen LogP contribution in [0.5, 0.6) is 0 Å². The molecular weight excluding hydrogens is 196 g/mol. The Hall–Kier alpha value is 0.110. The van der Waals surface area contributed by atoms with Gasteiger partial charge in [0, 0.05) is 6.26 Å². The zero-order valence-corrected chi connectivity index (χ0v) is 9.72. The van der Waals surface area contributed by atoms with Gasteiger partial charge >= 0.3 is 0 Å². The minimum atomic E-state index is -1.08. The first-order valence-corrected chi connectivity index (χ1v) is 7.22. The molecule has 2 rings (SSSR count). The van der Waals surface area contributed by atoms with Crippen LogP contribution in [-0.4, -0.2) is 17.1 Å². The lowest BCUT2D eigenvalue weighted by Crippen LogP contribution is -2.35. The van der Waals surface area contributed by atoms with Crippen LogP contribution >= 0.6 is 0 Å². The van der Waals surface area contributed by atoms with E-state index in [1.165, 1.54) is 38.5 Å². The van der Waals surface area contributed by atoms with Gasteiger partial charge in [-0.3, -0.25) is 4.18 Å². The average molecular weight is 216 g/mol. The largest absolute Gasteiger partial charge is 0.290 e. The Morgan fingerprint density at radius 2 is 1.71 bits per heavy atom. The molecule has 0 aliphatic heterocycles. The van der Waals surface area contributed by atoms with E-state index in [9.17, 15) is 4.21 Å². The van der Waals surface area contributed by atoms with Gasteiger partial charge in [0.1, 0.15) is 0 Å². The predicted octanol–water partition coefficient (Wildman–Crippen LogP) is 2.51. The van der Waals surface area contributed by atoms with E-state index in [-0.39, 0.29) is 0 Å². The molecule has 82 valence electrons. The fourth-order valence-electron chi connectivity index (χ4n) is 2.57. The number of hydrogen-bond donors (Lipinski definition) is 0. The summed E-state index contributed by atoms with van der Waals surface area (Å²) in [6.45, 7) is 0.735. The first-order valence-electron chi connectivity index (χ1n) is 5.74. The molecule has 2 aliphatic rings. The second-order valence-corrected chi connectivity index (χ2v) is 5.77. The minimum Gasteiger partial charge on any atom is -0.290 e. The van der Waals surface area contributed by atoms with E-state index in [0.29, 0.717) is 5.92 Å². The molecular formula is C11H20O2S. The van der Waals surface area contributed by atoms with E-state index < -0.39 is 11.1 Å². The van der Waals surface area contributed by atoms with E-state index in [0.717, 1.165) is 18.4 Å². The lowest BCUT2D eigenvalue weighted by atomic mass is 9.65. The Balaban J connectivity index is 1.81. The van der Waals surface area contributed by atoms with Crippen molar-refractivity contribution in [1.29, 1.82) is 0 Å². The van der Waals surface area contributed by atoms with Crippen molar-refractivity contribution in [3.8, 4) is 0 Å². The summed E-state index contributed by atoms with van der Waals surface area (Å²) >= 11 is -1.08. The van der Waals surface area contributed by atoms with Crippen molar-refractivity contribution in [2.24, 2.45) is 17.8 Å². The molecule has 0 radical (unpaired) electrons. The Bertz CT molecular complexity index is 195. The Morgan fingerprint density at radius 1 is 1.21 bits per heavy atom. The fraction of sp³-hybridized carbons (Fsp3) is 1.00. The summed E-state index contributed by atoms with van der Waals surface area (Å²) in [6, 6.07) is 0. The lowest BCUT2D eigenvalue weighted by molar-refractivity contribution is 0.0555. The van der Waals surface area contributed by atoms with Gasteiger partial charge < -0.3 is 0 Å². The summed E-state index contributed by atoms with van der Waals surface area (Å²) in [5, 5.41) is 0. The molecule has 0 N–H and O–H groups in total. The molecule has 0 heterocycles. The van der Waals surface area contributed by atoms with E-state index in [1.807, 2.05) is 0 Å². The molecule has 1 unspecified atom stereocenters. The van der Waals surface area contributed by atoms with Gasteiger partial charge in [0.25, 0.3) is 0 Å². The highest BCUT2D eigenvalue weighted by atomic mass is 32.2. The predicted molar refractivity (Wildman–Crippen MR) is 58.2 cm³/mol. The zero-order chi connectivity index (χ0) is 9.97. The van der Waals surface area contributed by atoms with Crippen LogP contribution in [0.15, 0.2) is 0 Å². The summed E-state index contributed by atoms with van der Waals surface area (Å²) in [6.07, 6.45) is 9.91. The molecule has 2 nitrogen and oxygen atoms in total. The first-order chi connectivity index (χ1) is 6.77. The van der Waals surface area contributed by atoms with Crippen LogP contribution < -0.4 is 0 Å². The maximum Gasteiger partial charge on any atom is 0.152 e. The van der Waals surface area contributed by atoms with Crippen molar-refractivity contribution in [3.63, 3.8) is 0 Å². The van der Waals surface area contributed by atoms with Gasteiger partial charge in [-0.15, -0.1) is 0 Å². The molecule has 14 heavy (non-hydrogen) atoms. The molecule has 0 spiro atoms. The van der Waals surface area contributed by atoms with Gasteiger partial charge in [0.2, 0.25) is 0 Å². The summed E-state index contributed by atoms with van der Waals surface area (Å²) in [4.78, 5) is 0. The van der Waals surface area contributed by atoms with Crippen LogP contribution in [0, 0.1) is 17.8 Å². The van der Waals surface area contributed by atoms with Crippen LogP contribution in [0.1, 0.15) is 38.5 Å². The number of hydrogen-bond acceptors (Lipinski definition) is 2. The van der Waals surface area contributed by atoms with Crippen LogP contribution in [0.3, 0.4) is 0 Å². The lowest BCUT2D eigenvalue weighted by Gasteiger charge is -2.42. The van der Waals surface area contributed by atoms with Crippen molar-refractivity contribution >= 4 is 11.1 Å². The molecule has 0 aromatic carbocycles. The summed E-state index contributed by atoms with van der Waals surface area (Å²) in [5.74, 6) is 2.47. The molecule has 2 saturated carbocycles. The quantitative estimate of drug-likeness (QED) is 0.706. The van der Waals surface area contributed by atoms with Crippen molar-refractivity contribution < 1.29 is 8.39 Å². The Labute approximate surface area is 89.1 Å². The monoisotopic (exact) mass is 216 g/mol. The summed E-state index contributed by atoms with van der Waals surface area (Å²) < 4.78 is 16.2. The molecule has 0 amide bonds. The summed E-state index contributed by atoms with van der Waals surface area (Å²) in [5.41, 5.74) is 0. The van der Waals surface area contributed by atoms with Crippen molar-refractivity contribution in [2.75, 3.05) is 12.9 Å². The van der Waals surface area contributed by atoms with Gasteiger partial charge in [0.15, 0.2) is 11.1 Å². The molecule has 3 heteroatoms. The molecule has 0 saturated heterocycles. The highest BCUT2D eigenvalue weighted by Gasteiger charge is 2.36. The third-order valence-electron chi connectivity index (χ3n) is 3.94. The molecule has 1 atom stereocenters. The van der Waals surface area contributed by atoms with Crippen LogP contribution in [0.4, 0.5) is 0 Å². The van der Waals surface area contributed by atoms with Crippen molar-refractivity contribution in [1.82, 2.24) is 0 Å². The average Bonchev–Trinajstić information content (AvgIpc) is 1.92. The van der Waals surface area contributed by atoms with E-state index in [1.54, 1.807) is 6.26 Å². The van der Waals surface area contributed by atoms with Crippen molar-refractivity contribution in [3.05, 3.63) is 0 Å². The first kappa shape index (κ1) is 10.6. The molecule has 2 fully saturated rings. The Morgan fingerprint density at radius 3 is 2.00 bits per heavy atom. The minimum absolute atomic E-state index is 0.710. The van der Waals surface area contributed by atoms with E-state index >= 15 is 0 Å². The van der Waals surface area contributed by atoms with Gasteiger partial charge in [0.05, 0.1) is 6.61 Å². The third kappa shape index (κ3) is 2.37. The molecule has 0 bridgehead atoms. The SMILES string of the molecule is CS(=O)OCC(C1CCC1)C1CCC1. The topological polar surface area (TPSA) is 26.3 Å². The maximum atomic E-state index is 10.9. The third-order valence-corrected chi connectivity index (χ3v) is 4.41. The van der Waals surface area contributed by atoms with Crippen LogP contribution in [0.2, 0.25) is 0 Å². The highest BCUT2D eigenvalue weighted by Crippen LogP contribution is 2.44. The second-order valence-electron chi connectivity index (χ2n) is 4.73. The standard InChI is InChI=1S/C11H20O2S/c1-14(12)13-8-11(9-4-2-5-9)10-6-3-7-10/h9-11H,2-8H2,1H3. The summed E-state index contributed by atoms with van der Waals surface area (Å²) in [7, 11) is 0. The second kappa shape index (κ2) is 4.75.